The van der Waals surface area contributed by atoms with Gasteiger partial charge in [-0.3, -0.25) is 4.79 Å². The van der Waals surface area contributed by atoms with Gasteiger partial charge in [-0.05, 0) is 36.4 Å². The third kappa shape index (κ3) is 4.85. The molecule has 0 unspecified atom stereocenters. The van der Waals surface area contributed by atoms with Crippen molar-refractivity contribution in [3.05, 3.63) is 90.5 Å². The maximum Gasteiger partial charge on any atom is 0.253 e. The van der Waals surface area contributed by atoms with E-state index in [-0.39, 0.29) is 5.91 Å². The van der Waals surface area contributed by atoms with Crippen LogP contribution in [0.1, 0.15) is 10.4 Å². The lowest BCUT2D eigenvalue weighted by molar-refractivity contribution is 0.0948. The molecule has 25 heavy (non-hydrogen) atoms. The van der Waals surface area contributed by atoms with Gasteiger partial charge >= 0.3 is 0 Å². The van der Waals surface area contributed by atoms with E-state index < -0.39 is 0 Å². The predicted octanol–water partition coefficient (Wildman–Crippen LogP) is 4.24. The molecule has 0 aromatic heterocycles. The highest BCUT2D eigenvalue weighted by Crippen LogP contribution is 2.20. The van der Waals surface area contributed by atoms with Crippen molar-refractivity contribution in [2.45, 2.75) is 0 Å². The Labute approximate surface area is 147 Å². The highest BCUT2D eigenvalue weighted by Gasteiger charge is 2.10. The minimum absolute atomic E-state index is 0.129. The maximum atomic E-state index is 12.5. The first-order valence-electron chi connectivity index (χ1n) is 8.20. The molecule has 0 aliphatic heterocycles. The highest BCUT2D eigenvalue weighted by atomic mass is 16.5. The predicted molar refractivity (Wildman–Crippen MR) is 100 cm³/mol. The third-order valence-electron chi connectivity index (χ3n) is 3.62. The molecule has 126 valence electrons. The summed E-state index contributed by atoms with van der Waals surface area (Å²) in [4.78, 5) is 12.5. The summed E-state index contributed by atoms with van der Waals surface area (Å²) in [6.45, 7) is 0.859. The number of anilines is 2. The van der Waals surface area contributed by atoms with Gasteiger partial charge in [0.2, 0.25) is 0 Å². The molecule has 4 nitrogen and oxygen atoms in total. The second-order valence-electron chi connectivity index (χ2n) is 5.45. The van der Waals surface area contributed by atoms with Crippen LogP contribution in [0.5, 0.6) is 5.75 Å². The van der Waals surface area contributed by atoms with Crippen LogP contribution < -0.4 is 15.4 Å². The second kappa shape index (κ2) is 8.55. The van der Waals surface area contributed by atoms with Crippen molar-refractivity contribution in [3.63, 3.8) is 0 Å². The van der Waals surface area contributed by atoms with Crippen molar-refractivity contribution in [3.8, 4) is 5.75 Å². The molecule has 3 aromatic carbocycles. The molecular weight excluding hydrogens is 312 g/mol. The van der Waals surface area contributed by atoms with Crippen molar-refractivity contribution in [2.24, 2.45) is 0 Å². The standard InChI is InChI=1S/C21H20N2O2/c24-21(22-15-16-25-18-11-5-2-6-12-18)19-13-7-8-14-20(19)23-17-9-3-1-4-10-17/h1-14,23H,15-16H2,(H,22,24). The molecule has 0 saturated heterocycles. The van der Waals surface area contributed by atoms with Crippen molar-refractivity contribution >= 4 is 17.3 Å². The van der Waals surface area contributed by atoms with Crippen molar-refractivity contribution in [2.75, 3.05) is 18.5 Å². The largest absolute Gasteiger partial charge is 0.492 e. The zero-order valence-electron chi connectivity index (χ0n) is 13.8. The quantitative estimate of drug-likeness (QED) is 0.636. The van der Waals surface area contributed by atoms with Crippen LogP contribution in [0.15, 0.2) is 84.9 Å². The Morgan fingerprint density at radius 2 is 1.44 bits per heavy atom. The topological polar surface area (TPSA) is 50.4 Å². The fraction of sp³-hybridized carbons (Fsp3) is 0.0952. The Balaban J connectivity index is 1.57. The Hall–Kier alpha value is -3.27. The molecule has 1 amide bonds. The Kier molecular flexibility index (Phi) is 5.67. The van der Waals surface area contributed by atoms with Crippen molar-refractivity contribution in [1.29, 1.82) is 0 Å². The normalized spacial score (nSPS) is 10.1. The summed E-state index contributed by atoms with van der Waals surface area (Å²) in [6, 6.07) is 26.8. The molecule has 0 atom stereocenters. The van der Waals surface area contributed by atoms with E-state index in [1.54, 1.807) is 6.07 Å². The summed E-state index contributed by atoms with van der Waals surface area (Å²) < 4.78 is 5.59. The monoisotopic (exact) mass is 332 g/mol. The van der Waals surface area contributed by atoms with Crippen LogP contribution in [0.4, 0.5) is 11.4 Å². The minimum Gasteiger partial charge on any atom is -0.492 e. The molecule has 0 fully saturated rings. The lowest BCUT2D eigenvalue weighted by Gasteiger charge is -2.12. The zero-order valence-corrected chi connectivity index (χ0v) is 13.8. The van der Waals surface area contributed by atoms with Gasteiger partial charge in [-0.15, -0.1) is 0 Å². The number of nitrogens with one attached hydrogen (secondary N) is 2. The number of rotatable bonds is 7. The first-order valence-corrected chi connectivity index (χ1v) is 8.20. The van der Waals surface area contributed by atoms with Crippen molar-refractivity contribution in [1.82, 2.24) is 5.32 Å². The summed E-state index contributed by atoms with van der Waals surface area (Å²) in [6.07, 6.45) is 0. The van der Waals surface area contributed by atoms with Crippen LogP contribution in [-0.2, 0) is 0 Å². The molecule has 0 radical (unpaired) electrons. The lowest BCUT2D eigenvalue weighted by Crippen LogP contribution is -2.28. The fourth-order valence-corrected chi connectivity index (χ4v) is 2.41. The fourth-order valence-electron chi connectivity index (χ4n) is 2.41. The van der Waals surface area contributed by atoms with Gasteiger partial charge in [0.1, 0.15) is 12.4 Å². The van der Waals surface area contributed by atoms with E-state index in [4.69, 9.17) is 4.74 Å². The van der Waals surface area contributed by atoms with Gasteiger partial charge in [0.15, 0.2) is 0 Å². The van der Waals surface area contributed by atoms with Gasteiger partial charge in [-0.2, -0.15) is 0 Å². The molecule has 0 saturated carbocycles. The first-order chi connectivity index (χ1) is 12.3. The number of hydrogen-bond acceptors (Lipinski definition) is 3. The van der Waals surface area contributed by atoms with E-state index in [0.29, 0.717) is 18.7 Å². The zero-order chi connectivity index (χ0) is 17.3. The molecule has 0 heterocycles. The van der Waals surface area contributed by atoms with Crippen molar-refractivity contribution < 1.29 is 9.53 Å². The van der Waals surface area contributed by atoms with Crippen LogP contribution in [-0.4, -0.2) is 19.1 Å². The van der Waals surface area contributed by atoms with Gasteiger partial charge in [-0.1, -0.05) is 48.5 Å². The number of benzene rings is 3. The molecule has 3 rings (SSSR count). The Bertz CT molecular complexity index is 804. The Morgan fingerprint density at radius 1 is 0.800 bits per heavy atom. The molecule has 4 heteroatoms. The number of carbonyl (C=O) groups excluding carboxylic acids is 1. The summed E-state index contributed by atoms with van der Waals surface area (Å²) in [5.74, 6) is 0.665. The van der Waals surface area contributed by atoms with E-state index in [2.05, 4.69) is 10.6 Å². The molecule has 2 N–H and O–H groups in total. The van der Waals surface area contributed by atoms with E-state index in [1.165, 1.54) is 0 Å². The molecule has 3 aromatic rings. The van der Waals surface area contributed by atoms with Gasteiger partial charge in [0.05, 0.1) is 17.8 Å². The molecule has 0 aliphatic rings. The number of ether oxygens (including phenoxy) is 1. The highest BCUT2D eigenvalue weighted by molar-refractivity contribution is 6.00. The Morgan fingerprint density at radius 3 is 2.20 bits per heavy atom. The van der Waals surface area contributed by atoms with Crippen LogP contribution >= 0.6 is 0 Å². The van der Waals surface area contributed by atoms with E-state index in [9.17, 15) is 4.79 Å². The molecule has 0 aliphatic carbocycles. The van der Waals surface area contributed by atoms with Crippen LogP contribution in [0, 0.1) is 0 Å². The average molecular weight is 332 g/mol. The first kappa shape index (κ1) is 16.6. The summed E-state index contributed by atoms with van der Waals surface area (Å²) in [5.41, 5.74) is 2.32. The maximum absolute atomic E-state index is 12.5. The SMILES string of the molecule is O=C(NCCOc1ccccc1)c1ccccc1Nc1ccccc1. The number of amides is 1. The van der Waals surface area contributed by atoms with E-state index >= 15 is 0 Å². The van der Waals surface area contributed by atoms with Crippen LogP contribution in [0.3, 0.4) is 0 Å². The van der Waals surface area contributed by atoms with Gasteiger partial charge < -0.3 is 15.4 Å². The van der Waals surface area contributed by atoms with E-state index in [0.717, 1.165) is 17.1 Å². The lowest BCUT2D eigenvalue weighted by atomic mass is 10.1. The van der Waals surface area contributed by atoms with Gasteiger partial charge in [-0.25, -0.2) is 0 Å². The summed E-state index contributed by atoms with van der Waals surface area (Å²) in [7, 11) is 0. The second-order valence-corrected chi connectivity index (χ2v) is 5.45. The van der Waals surface area contributed by atoms with Gasteiger partial charge in [0, 0.05) is 5.69 Å². The van der Waals surface area contributed by atoms with Crippen LogP contribution in [0.25, 0.3) is 0 Å². The number of hydrogen-bond donors (Lipinski definition) is 2. The van der Waals surface area contributed by atoms with E-state index in [1.807, 2.05) is 78.9 Å². The summed E-state index contributed by atoms with van der Waals surface area (Å²) >= 11 is 0. The smallest absolute Gasteiger partial charge is 0.253 e. The number of para-hydroxylation sites is 3. The molecular formula is C21H20N2O2. The number of carbonyl (C=O) groups is 1. The molecule has 0 spiro atoms. The minimum atomic E-state index is -0.129. The average Bonchev–Trinajstić information content (AvgIpc) is 2.67. The van der Waals surface area contributed by atoms with Gasteiger partial charge in [0.25, 0.3) is 5.91 Å². The molecule has 0 bridgehead atoms. The third-order valence-corrected chi connectivity index (χ3v) is 3.62. The van der Waals surface area contributed by atoms with Crippen LogP contribution in [0.2, 0.25) is 0 Å². The summed E-state index contributed by atoms with van der Waals surface area (Å²) in [5, 5.41) is 6.17.